The highest BCUT2D eigenvalue weighted by Gasteiger charge is 2.34. The van der Waals surface area contributed by atoms with Gasteiger partial charge in [-0.05, 0) is 37.1 Å². The van der Waals surface area contributed by atoms with E-state index in [-0.39, 0.29) is 18.4 Å². The van der Waals surface area contributed by atoms with Crippen molar-refractivity contribution in [2.75, 3.05) is 57.6 Å². The average Bonchev–Trinajstić information content (AvgIpc) is 3.51. The number of amides is 2. The van der Waals surface area contributed by atoms with Crippen LogP contribution in [-0.4, -0.2) is 84.8 Å². The molecule has 4 rings (SSSR count). The third-order valence-corrected chi connectivity index (χ3v) is 6.61. The number of aromatic nitrogens is 2. The lowest BCUT2D eigenvalue weighted by molar-refractivity contribution is -0.135. The Hall–Kier alpha value is -3.07. The van der Waals surface area contributed by atoms with Gasteiger partial charge in [-0.2, -0.15) is 5.10 Å². The summed E-state index contributed by atoms with van der Waals surface area (Å²) in [6.07, 6.45) is 6.32. The fourth-order valence-electron chi connectivity index (χ4n) is 4.79. The van der Waals surface area contributed by atoms with Gasteiger partial charge in [0, 0.05) is 45.5 Å². The van der Waals surface area contributed by atoms with Gasteiger partial charge >= 0.3 is 0 Å². The van der Waals surface area contributed by atoms with Gasteiger partial charge in [0.2, 0.25) is 11.8 Å². The van der Waals surface area contributed by atoms with E-state index >= 15 is 0 Å². The van der Waals surface area contributed by atoms with Crippen LogP contribution < -0.4 is 15.0 Å². The molecule has 178 valence electrons. The number of carbonyl (C=O) groups is 2. The fraction of sp³-hybridized carbons (Fsp3) is 0.542. The van der Waals surface area contributed by atoms with Crippen molar-refractivity contribution >= 4 is 23.3 Å². The summed E-state index contributed by atoms with van der Waals surface area (Å²) >= 11 is 0. The molecule has 9 heteroatoms. The Balaban J connectivity index is 1.43. The minimum absolute atomic E-state index is 0.00277. The molecule has 2 heterocycles. The number of piperazine rings is 1. The van der Waals surface area contributed by atoms with Crippen LogP contribution in [0.25, 0.3) is 0 Å². The van der Waals surface area contributed by atoms with E-state index in [1.807, 2.05) is 39.9 Å². The van der Waals surface area contributed by atoms with Crippen LogP contribution in [0.4, 0.5) is 11.5 Å². The number of benzene rings is 1. The van der Waals surface area contributed by atoms with Crippen LogP contribution >= 0.6 is 0 Å². The molecule has 9 nitrogen and oxygen atoms in total. The summed E-state index contributed by atoms with van der Waals surface area (Å²) in [7, 11) is 5.16. The molecule has 2 amide bonds. The number of anilines is 2. The van der Waals surface area contributed by atoms with Crippen molar-refractivity contribution in [2.24, 2.45) is 0 Å². The molecule has 1 atom stereocenters. The Labute approximate surface area is 195 Å². The maximum atomic E-state index is 13.0. The van der Waals surface area contributed by atoms with E-state index in [1.54, 1.807) is 32.3 Å². The smallest absolute Gasteiger partial charge is 0.241 e. The standard InChI is InChI=1S/C24H34N6O3/c1-27(2)24(32)21-16-28(18-8-10-20(33-3)11-9-18)14-15-29(21)17-23(31)26-22-12-13-25-30(22)19-6-4-5-7-19/h8-13,19,21H,4-7,14-17H2,1-3H3,(H,26,31)/t21-/m1/s1. The first-order valence-corrected chi connectivity index (χ1v) is 11.6. The monoisotopic (exact) mass is 454 g/mol. The Kier molecular flexibility index (Phi) is 7.17. The number of methoxy groups -OCH3 is 1. The quantitative estimate of drug-likeness (QED) is 0.691. The molecule has 1 aliphatic carbocycles. The SMILES string of the molecule is COc1ccc(N2CCN(CC(=O)Nc3ccnn3C3CCCC3)[C@@H](C(=O)N(C)C)C2)cc1. The summed E-state index contributed by atoms with van der Waals surface area (Å²) in [5.41, 5.74) is 1.04. The van der Waals surface area contributed by atoms with Crippen LogP contribution in [0.1, 0.15) is 31.7 Å². The predicted molar refractivity (Wildman–Crippen MR) is 128 cm³/mol. The van der Waals surface area contributed by atoms with Crippen molar-refractivity contribution in [2.45, 2.75) is 37.8 Å². The summed E-state index contributed by atoms with van der Waals surface area (Å²) < 4.78 is 7.19. The second kappa shape index (κ2) is 10.2. The molecule has 0 bridgehead atoms. The molecular weight excluding hydrogens is 420 g/mol. The zero-order valence-electron chi connectivity index (χ0n) is 19.7. The number of nitrogens with zero attached hydrogens (tertiary/aromatic N) is 5. The molecule has 33 heavy (non-hydrogen) atoms. The molecule has 1 N–H and O–H groups in total. The number of nitrogens with one attached hydrogen (secondary N) is 1. The Morgan fingerprint density at radius 1 is 1.12 bits per heavy atom. The van der Waals surface area contributed by atoms with E-state index in [0.29, 0.717) is 19.1 Å². The lowest BCUT2D eigenvalue weighted by Gasteiger charge is -2.42. The first-order valence-electron chi connectivity index (χ1n) is 11.6. The highest BCUT2D eigenvalue weighted by molar-refractivity contribution is 5.92. The van der Waals surface area contributed by atoms with Crippen molar-refractivity contribution in [3.63, 3.8) is 0 Å². The molecular formula is C24H34N6O3. The van der Waals surface area contributed by atoms with Gasteiger partial charge in [-0.3, -0.25) is 14.5 Å². The van der Waals surface area contributed by atoms with Gasteiger partial charge in [0.05, 0.1) is 25.9 Å². The molecule has 1 aromatic heterocycles. The van der Waals surface area contributed by atoms with Crippen LogP contribution in [-0.2, 0) is 9.59 Å². The summed E-state index contributed by atoms with van der Waals surface area (Å²) in [6, 6.07) is 9.65. The molecule has 0 unspecified atom stereocenters. The van der Waals surface area contributed by atoms with Gasteiger partial charge in [0.25, 0.3) is 0 Å². The maximum Gasteiger partial charge on any atom is 0.241 e. The molecule has 2 aliphatic rings. The minimum Gasteiger partial charge on any atom is -0.497 e. The number of hydrogen-bond acceptors (Lipinski definition) is 6. The van der Waals surface area contributed by atoms with Crippen molar-refractivity contribution in [3.05, 3.63) is 36.5 Å². The lowest BCUT2D eigenvalue weighted by Crippen LogP contribution is -2.60. The molecule has 0 spiro atoms. The first kappa shape index (κ1) is 23.1. The van der Waals surface area contributed by atoms with Gasteiger partial charge in [-0.1, -0.05) is 12.8 Å². The van der Waals surface area contributed by atoms with Crippen LogP contribution in [0, 0.1) is 0 Å². The first-order chi connectivity index (χ1) is 16.0. The minimum atomic E-state index is -0.402. The Morgan fingerprint density at radius 3 is 2.52 bits per heavy atom. The second-order valence-electron chi connectivity index (χ2n) is 9.01. The summed E-state index contributed by atoms with van der Waals surface area (Å²) in [4.78, 5) is 31.7. The zero-order chi connectivity index (χ0) is 23.4. The van der Waals surface area contributed by atoms with Gasteiger partial charge in [-0.25, -0.2) is 4.68 Å². The third-order valence-electron chi connectivity index (χ3n) is 6.61. The summed E-state index contributed by atoms with van der Waals surface area (Å²) in [5, 5.41) is 7.46. The van der Waals surface area contributed by atoms with E-state index < -0.39 is 6.04 Å². The number of carbonyl (C=O) groups excluding carboxylic acids is 2. The van der Waals surface area contributed by atoms with Gasteiger partial charge < -0.3 is 19.9 Å². The number of hydrogen-bond donors (Lipinski definition) is 1. The summed E-state index contributed by atoms with van der Waals surface area (Å²) in [5.74, 6) is 1.41. The van der Waals surface area contributed by atoms with Crippen LogP contribution in [0.3, 0.4) is 0 Å². The van der Waals surface area contributed by atoms with Crippen molar-refractivity contribution in [1.82, 2.24) is 19.6 Å². The van der Waals surface area contributed by atoms with Gasteiger partial charge in [0.15, 0.2) is 0 Å². The molecule has 0 radical (unpaired) electrons. The Morgan fingerprint density at radius 2 is 1.85 bits per heavy atom. The van der Waals surface area contributed by atoms with Gasteiger partial charge in [0.1, 0.15) is 17.6 Å². The number of ether oxygens (including phenoxy) is 1. The topological polar surface area (TPSA) is 82.9 Å². The molecule has 1 saturated carbocycles. The zero-order valence-corrected chi connectivity index (χ0v) is 19.7. The normalized spacial score (nSPS) is 19.5. The molecule has 1 aliphatic heterocycles. The lowest BCUT2D eigenvalue weighted by atomic mass is 10.1. The predicted octanol–water partition coefficient (Wildman–Crippen LogP) is 2.22. The van der Waals surface area contributed by atoms with Crippen molar-refractivity contribution < 1.29 is 14.3 Å². The fourth-order valence-corrected chi connectivity index (χ4v) is 4.79. The van der Waals surface area contributed by atoms with E-state index in [0.717, 1.165) is 36.6 Å². The largest absolute Gasteiger partial charge is 0.497 e. The molecule has 2 aromatic rings. The van der Waals surface area contributed by atoms with Crippen LogP contribution in [0.2, 0.25) is 0 Å². The third kappa shape index (κ3) is 5.30. The summed E-state index contributed by atoms with van der Waals surface area (Å²) in [6.45, 7) is 2.04. The van der Waals surface area contributed by atoms with Crippen molar-refractivity contribution in [3.8, 4) is 5.75 Å². The number of rotatable bonds is 7. The molecule has 2 fully saturated rings. The number of likely N-dealkylation sites (N-methyl/N-ethyl adjacent to an activating group) is 1. The maximum absolute atomic E-state index is 13.0. The van der Waals surface area contributed by atoms with E-state index in [4.69, 9.17) is 4.74 Å². The van der Waals surface area contributed by atoms with Gasteiger partial charge in [-0.15, -0.1) is 0 Å². The average molecular weight is 455 g/mol. The Bertz CT molecular complexity index is 951. The second-order valence-corrected chi connectivity index (χ2v) is 9.01. The van der Waals surface area contributed by atoms with E-state index in [1.165, 1.54) is 12.8 Å². The van der Waals surface area contributed by atoms with Crippen LogP contribution in [0.15, 0.2) is 36.5 Å². The molecule has 1 saturated heterocycles. The van der Waals surface area contributed by atoms with Crippen LogP contribution in [0.5, 0.6) is 5.75 Å². The van der Waals surface area contributed by atoms with E-state index in [2.05, 4.69) is 15.3 Å². The van der Waals surface area contributed by atoms with E-state index in [9.17, 15) is 9.59 Å². The highest BCUT2D eigenvalue weighted by Crippen LogP contribution is 2.31. The highest BCUT2D eigenvalue weighted by atomic mass is 16.5. The van der Waals surface area contributed by atoms with Crippen molar-refractivity contribution in [1.29, 1.82) is 0 Å². The molecule has 1 aromatic carbocycles.